The summed E-state index contributed by atoms with van der Waals surface area (Å²) in [6.45, 7) is 0. The molecule has 3 nitrogen and oxygen atoms in total. The molecular weight excluding hydrogens is 437 g/mol. The topological polar surface area (TPSA) is 38.7 Å². The summed E-state index contributed by atoms with van der Waals surface area (Å²) in [6.07, 6.45) is 0. The zero-order chi connectivity index (χ0) is 21.9. The predicted octanol–water partition coefficient (Wildman–Crippen LogP) is 7.85. The Hall–Kier alpha value is -3.53. The van der Waals surface area contributed by atoms with Crippen molar-refractivity contribution in [3.05, 3.63) is 113 Å². The fourth-order valence-electron chi connectivity index (χ4n) is 3.45. The van der Waals surface area contributed by atoms with E-state index in [1.54, 1.807) is 18.2 Å². The number of nitrogens with zero attached hydrogens (tertiary/aromatic N) is 3. The molecule has 32 heavy (non-hydrogen) atoms. The molecule has 0 aliphatic carbocycles. The van der Waals surface area contributed by atoms with Gasteiger partial charge in [-0.2, -0.15) is 0 Å². The average molecular weight is 454 g/mol. The van der Waals surface area contributed by atoms with E-state index >= 15 is 0 Å². The molecule has 5 rings (SSSR count). The van der Waals surface area contributed by atoms with Gasteiger partial charge in [0.2, 0.25) is 0 Å². The Balaban J connectivity index is 1.64. The van der Waals surface area contributed by atoms with Crippen molar-refractivity contribution in [2.45, 2.75) is 0 Å². The third-order valence-electron chi connectivity index (χ3n) is 5.09. The van der Waals surface area contributed by atoms with Crippen molar-refractivity contribution in [2.75, 3.05) is 0 Å². The van der Waals surface area contributed by atoms with Gasteiger partial charge in [0.25, 0.3) is 0 Å². The van der Waals surface area contributed by atoms with Gasteiger partial charge in [-0.25, -0.2) is 15.0 Å². The number of hydrogen-bond acceptors (Lipinski definition) is 3. The molecule has 0 saturated carbocycles. The lowest BCUT2D eigenvalue weighted by Gasteiger charge is -2.10. The van der Waals surface area contributed by atoms with Crippen LogP contribution >= 0.6 is 23.2 Å². The Morgan fingerprint density at radius 1 is 0.438 bits per heavy atom. The van der Waals surface area contributed by atoms with Crippen molar-refractivity contribution in [1.82, 2.24) is 15.0 Å². The number of benzene rings is 4. The second-order valence-electron chi connectivity index (χ2n) is 7.24. The quantitative estimate of drug-likeness (QED) is 0.278. The molecule has 0 spiro atoms. The summed E-state index contributed by atoms with van der Waals surface area (Å²) in [6, 6.07) is 33.5. The lowest BCUT2D eigenvalue weighted by Crippen LogP contribution is -2.00. The maximum atomic E-state index is 6.46. The van der Waals surface area contributed by atoms with E-state index in [2.05, 4.69) is 24.3 Å². The van der Waals surface area contributed by atoms with E-state index in [0.717, 1.165) is 22.3 Å². The van der Waals surface area contributed by atoms with Crippen molar-refractivity contribution in [1.29, 1.82) is 0 Å². The van der Waals surface area contributed by atoms with E-state index in [-0.39, 0.29) is 0 Å². The highest BCUT2D eigenvalue weighted by molar-refractivity contribution is 6.35. The minimum Gasteiger partial charge on any atom is -0.208 e. The average Bonchev–Trinajstić information content (AvgIpc) is 2.86. The summed E-state index contributed by atoms with van der Waals surface area (Å²) in [5.74, 6) is 1.63. The van der Waals surface area contributed by atoms with Crippen LogP contribution in [-0.4, -0.2) is 15.0 Å². The molecule has 0 unspecified atom stereocenters. The molecule has 0 N–H and O–H groups in total. The first-order chi connectivity index (χ1) is 15.7. The van der Waals surface area contributed by atoms with Crippen LogP contribution in [0.4, 0.5) is 0 Å². The van der Waals surface area contributed by atoms with Gasteiger partial charge >= 0.3 is 0 Å². The Morgan fingerprint density at radius 2 is 0.906 bits per heavy atom. The molecule has 0 atom stereocenters. The first-order valence-electron chi connectivity index (χ1n) is 10.1. The fraction of sp³-hybridized carbons (Fsp3) is 0. The van der Waals surface area contributed by atoms with Crippen molar-refractivity contribution in [2.24, 2.45) is 0 Å². The van der Waals surface area contributed by atoms with Crippen LogP contribution in [0.1, 0.15) is 0 Å². The Labute approximate surface area is 196 Å². The number of hydrogen-bond donors (Lipinski definition) is 0. The highest BCUT2D eigenvalue weighted by atomic mass is 35.5. The first kappa shape index (κ1) is 20.4. The molecule has 0 aliphatic heterocycles. The smallest absolute Gasteiger partial charge is 0.165 e. The van der Waals surface area contributed by atoms with E-state index in [9.17, 15) is 0 Å². The largest absolute Gasteiger partial charge is 0.208 e. The van der Waals surface area contributed by atoms with E-state index in [0.29, 0.717) is 33.1 Å². The summed E-state index contributed by atoms with van der Waals surface area (Å²) < 4.78 is 0. The normalized spacial score (nSPS) is 10.8. The molecule has 0 aliphatic rings. The Kier molecular flexibility index (Phi) is 5.68. The first-order valence-corrected chi connectivity index (χ1v) is 10.9. The van der Waals surface area contributed by atoms with E-state index in [1.165, 1.54) is 0 Å². The second-order valence-corrected chi connectivity index (χ2v) is 8.08. The maximum absolute atomic E-state index is 6.46. The summed E-state index contributed by atoms with van der Waals surface area (Å²) in [7, 11) is 0. The Bertz CT molecular complexity index is 1370. The highest BCUT2D eigenvalue weighted by Gasteiger charge is 2.14. The number of rotatable bonds is 4. The zero-order valence-electron chi connectivity index (χ0n) is 16.9. The van der Waals surface area contributed by atoms with Crippen LogP contribution in [-0.2, 0) is 0 Å². The van der Waals surface area contributed by atoms with Gasteiger partial charge in [0.05, 0.1) is 5.02 Å². The monoisotopic (exact) mass is 453 g/mol. The van der Waals surface area contributed by atoms with Gasteiger partial charge in [0, 0.05) is 21.7 Å². The summed E-state index contributed by atoms with van der Waals surface area (Å²) in [4.78, 5) is 14.2. The molecule has 0 amide bonds. The summed E-state index contributed by atoms with van der Waals surface area (Å²) in [5, 5.41) is 1.10. The molecule has 0 fully saturated rings. The van der Waals surface area contributed by atoms with Gasteiger partial charge in [-0.1, -0.05) is 108 Å². The third kappa shape index (κ3) is 4.26. The standard InChI is InChI=1S/C27H17Cl2N3/c28-22-15-16-24(29)23(17-22)27-31-25(20-9-5-2-6-10-20)30-26(32-27)21-13-11-19(12-14-21)18-7-3-1-4-8-18/h1-17H. The van der Waals surface area contributed by atoms with Gasteiger partial charge < -0.3 is 0 Å². The molecule has 154 valence electrons. The van der Waals surface area contributed by atoms with Crippen LogP contribution in [0.3, 0.4) is 0 Å². The maximum Gasteiger partial charge on any atom is 0.165 e. The summed E-state index contributed by atoms with van der Waals surface area (Å²) >= 11 is 12.7. The van der Waals surface area contributed by atoms with Crippen LogP contribution in [0.2, 0.25) is 10.0 Å². The van der Waals surface area contributed by atoms with Gasteiger partial charge in [0.15, 0.2) is 17.5 Å². The molecular formula is C27H17Cl2N3. The molecule has 1 aromatic heterocycles. The second kappa shape index (κ2) is 8.91. The van der Waals surface area contributed by atoms with Crippen LogP contribution in [0.15, 0.2) is 103 Å². The van der Waals surface area contributed by atoms with Crippen molar-refractivity contribution in [3.8, 4) is 45.3 Å². The van der Waals surface area contributed by atoms with Gasteiger partial charge in [-0.05, 0) is 29.3 Å². The molecule has 5 heteroatoms. The minimum atomic E-state index is 0.480. The lowest BCUT2D eigenvalue weighted by atomic mass is 10.0. The molecule has 0 saturated heterocycles. The van der Waals surface area contributed by atoms with E-state index in [1.807, 2.05) is 60.7 Å². The molecule has 5 aromatic rings. The summed E-state index contributed by atoms with van der Waals surface area (Å²) in [5.41, 5.74) is 4.75. The lowest BCUT2D eigenvalue weighted by molar-refractivity contribution is 1.07. The molecule has 0 radical (unpaired) electrons. The van der Waals surface area contributed by atoms with Crippen LogP contribution < -0.4 is 0 Å². The van der Waals surface area contributed by atoms with E-state index in [4.69, 9.17) is 38.2 Å². The Morgan fingerprint density at radius 3 is 1.53 bits per heavy atom. The SMILES string of the molecule is Clc1ccc(Cl)c(-c2nc(-c3ccccc3)nc(-c3ccc(-c4ccccc4)cc3)n2)c1. The zero-order valence-corrected chi connectivity index (χ0v) is 18.4. The molecule has 1 heterocycles. The van der Waals surface area contributed by atoms with Gasteiger partial charge in [-0.15, -0.1) is 0 Å². The highest BCUT2D eigenvalue weighted by Crippen LogP contribution is 2.31. The van der Waals surface area contributed by atoms with Crippen molar-refractivity contribution in [3.63, 3.8) is 0 Å². The predicted molar refractivity (Wildman–Crippen MR) is 132 cm³/mol. The van der Waals surface area contributed by atoms with E-state index < -0.39 is 0 Å². The minimum absolute atomic E-state index is 0.480. The molecule has 4 aromatic carbocycles. The van der Waals surface area contributed by atoms with Gasteiger partial charge in [0.1, 0.15) is 0 Å². The number of aromatic nitrogens is 3. The fourth-order valence-corrected chi connectivity index (χ4v) is 3.83. The van der Waals surface area contributed by atoms with Crippen LogP contribution in [0.25, 0.3) is 45.3 Å². The van der Waals surface area contributed by atoms with Crippen molar-refractivity contribution >= 4 is 23.2 Å². The molecule has 0 bridgehead atoms. The van der Waals surface area contributed by atoms with Crippen LogP contribution in [0.5, 0.6) is 0 Å². The third-order valence-corrected chi connectivity index (χ3v) is 5.65. The van der Waals surface area contributed by atoms with Crippen molar-refractivity contribution < 1.29 is 0 Å². The van der Waals surface area contributed by atoms with Gasteiger partial charge in [-0.3, -0.25) is 0 Å². The number of halogens is 2. The van der Waals surface area contributed by atoms with Crippen LogP contribution in [0, 0.1) is 0 Å².